The number of hydrogen-bond donors (Lipinski definition) is 7. The number of allylic oxidation sites excluding steroid dienone is 18. The molecule has 11 unspecified atom stereocenters. The van der Waals surface area contributed by atoms with E-state index in [1.807, 2.05) is 0 Å². The highest BCUT2D eigenvalue weighted by Crippen LogP contribution is 2.26. The molecule has 14 heteroatoms. The van der Waals surface area contributed by atoms with Crippen molar-refractivity contribution in [3.63, 3.8) is 0 Å². The molecule has 2 rings (SSSR count). The molecule has 0 bridgehead atoms. The molecular weight excluding hydrogens is 957 g/mol. The fraction of sp³-hybridized carbons (Fsp3) is 0.689. The van der Waals surface area contributed by atoms with Crippen LogP contribution >= 0.6 is 0 Å². The van der Waals surface area contributed by atoms with Crippen molar-refractivity contribution in [1.29, 1.82) is 0 Å². The van der Waals surface area contributed by atoms with E-state index < -0.39 is 86.7 Å². The summed E-state index contributed by atoms with van der Waals surface area (Å²) in [5.41, 5.74) is 0. The van der Waals surface area contributed by atoms with Gasteiger partial charge in [-0.1, -0.05) is 168 Å². The lowest BCUT2D eigenvalue weighted by molar-refractivity contribution is -0.332. The summed E-state index contributed by atoms with van der Waals surface area (Å²) in [6.07, 6.45) is 47.2. The van der Waals surface area contributed by atoms with Crippen molar-refractivity contribution in [2.75, 3.05) is 33.0 Å². The molecule has 2 aliphatic heterocycles. The maximum atomic E-state index is 13.0. The standard InChI is InChI=1S/C61H100O14/c1-3-5-7-9-11-13-15-17-19-20-21-22-23-24-25-26-27-28-29-31-33-35-37-39-41-43-45-70-47-50(73-53(63)44-42-40-38-36-34-32-30-18-16-14-12-10-8-6-4-2)48-71-60-59(69)57(67)55(65)52(75-60)49-72-61-58(68)56(66)54(64)51(46-62)74-61/h5,7,11-14,17-19,21-22,24-25,27-28,30-31,33,50-52,54-62,64-69H,3-4,6,8-10,15-16,20,23,26,29,32,34-49H2,1-2H3/b7-5-,13-11-,14-12-,19-17-,22-21-,25-24-,28-27-,30-18-,33-31-. The zero-order chi connectivity index (χ0) is 54.4. The summed E-state index contributed by atoms with van der Waals surface area (Å²) in [6.45, 7) is 3.44. The summed E-state index contributed by atoms with van der Waals surface area (Å²) in [5, 5.41) is 72.3. The van der Waals surface area contributed by atoms with Gasteiger partial charge in [-0.05, 0) is 103 Å². The molecule has 0 aromatic carbocycles. The average Bonchev–Trinajstić information content (AvgIpc) is 3.41. The Kier molecular flexibility index (Phi) is 42.2. The first-order chi connectivity index (χ1) is 36.6. The molecule has 428 valence electrons. The largest absolute Gasteiger partial charge is 0.457 e. The van der Waals surface area contributed by atoms with E-state index in [9.17, 15) is 40.5 Å². The molecule has 0 aromatic heterocycles. The van der Waals surface area contributed by atoms with Crippen molar-refractivity contribution < 1.29 is 69.0 Å². The number of hydrogen-bond acceptors (Lipinski definition) is 14. The van der Waals surface area contributed by atoms with E-state index in [0.717, 1.165) is 122 Å². The molecule has 0 spiro atoms. The molecule has 11 atom stereocenters. The van der Waals surface area contributed by atoms with Crippen LogP contribution < -0.4 is 0 Å². The van der Waals surface area contributed by atoms with Gasteiger partial charge in [0.1, 0.15) is 54.9 Å². The van der Waals surface area contributed by atoms with Gasteiger partial charge >= 0.3 is 5.97 Å². The van der Waals surface area contributed by atoms with Crippen LogP contribution in [-0.4, -0.2) is 142 Å². The Morgan fingerprint density at radius 2 is 0.867 bits per heavy atom. The molecule has 2 saturated heterocycles. The van der Waals surface area contributed by atoms with Gasteiger partial charge in [-0.15, -0.1) is 0 Å². The molecule has 0 radical (unpaired) electrons. The van der Waals surface area contributed by atoms with Gasteiger partial charge in [0.2, 0.25) is 0 Å². The summed E-state index contributed by atoms with van der Waals surface area (Å²) in [5.74, 6) is -0.405. The van der Waals surface area contributed by atoms with Crippen LogP contribution in [0.15, 0.2) is 109 Å². The van der Waals surface area contributed by atoms with Crippen molar-refractivity contribution in [3.05, 3.63) is 109 Å². The Morgan fingerprint density at radius 3 is 1.36 bits per heavy atom. The normalized spacial score (nSPS) is 25.5. The number of rotatable bonds is 44. The molecule has 2 heterocycles. The number of aliphatic hydroxyl groups excluding tert-OH is 7. The van der Waals surface area contributed by atoms with E-state index in [1.165, 1.54) is 19.3 Å². The predicted molar refractivity (Wildman–Crippen MR) is 297 cm³/mol. The van der Waals surface area contributed by atoms with Crippen LogP contribution in [0, 0.1) is 0 Å². The lowest BCUT2D eigenvalue weighted by Gasteiger charge is -2.42. The lowest BCUT2D eigenvalue weighted by atomic mass is 9.98. The summed E-state index contributed by atoms with van der Waals surface area (Å²) in [7, 11) is 0. The highest BCUT2D eigenvalue weighted by atomic mass is 16.7. The summed E-state index contributed by atoms with van der Waals surface area (Å²) < 4.78 is 34.3. The summed E-state index contributed by atoms with van der Waals surface area (Å²) in [4.78, 5) is 13.0. The number of carbonyl (C=O) groups excluding carboxylic acids is 1. The molecule has 2 aliphatic rings. The number of unbranched alkanes of at least 4 members (excludes halogenated alkanes) is 12. The van der Waals surface area contributed by atoms with Gasteiger partial charge in [0, 0.05) is 13.0 Å². The van der Waals surface area contributed by atoms with Crippen LogP contribution in [-0.2, 0) is 33.2 Å². The zero-order valence-electron chi connectivity index (χ0n) is 45.7. The average molecular weight is 1060 g/mol. The lowest BCUT2D eigenvalue weighted by Crippen LogP contribution is -2.61. The molecule has 0 aromatic rings. The molecule has 0 aliphatic carbocycles. The predicted octanol–water partition coefficient (Wildman–Crippen LogP) is 9.96. The quantitative estimate of drug-likeness (QED) is 0.0172. The van der Waals surface area contributed by atoms with Crippen LogP contribution in [0.1, 0.15) is 168 Å². The maximum Gasteiger partial charge on any atom is 0.306 e. The molecule has 14 nitrogen and oxygen atoms in total. The van der Waals surface area contributed by atoms with E-state index in [0.29, 0.717) is 13.0 Å². The van der Waals surface area contributed by atoms with Crippen molar-refractivity contribution in [2.45, 2.75) is 235 Å². The Balaban J connectivity index is 1.74. The Hall–Kier alpha value is -3.35. The first-order valence-corrected chi connectivity index (χ1v) is 28.5. The van der Waals surface area contributed by atoms with Gasteiger partial charge in [-0.25, -0.2) is 0 Å². The number of aliphatic hydroxyl groups is 7. The number of ether oxygens (including phenoxy) is 6. The SMILES string of the molecule is CC/C=C\C/C=C\C/C=C\C/C=C\C/C=C\C/C=C\C/C=C\CCCCCCOCC(COC1OC(COC2OC(CO)C(O)C(O)C2O)C(O)C(O)C1O)OC(=O)CCCCCCC/C=C\C/C=C\CCCCC. The van der Waals surface area contributed by atoms with E-state index in [1.54, 1.807) is 0 Å². The second-order valence-corrected chi connectivity index (χ2v) is 19.4. The van der Waals surface area contributed by atoms with E-state index in [2.05, 4.69) is 123 Å². The van der Waals surface area contributed by atoms with Crippen LogP contribution in [0.4, 0.5) is 0 Å². The second-order valence-electron chi connectivity index (χ2n) is 19.4. The highest BCUT2D eigenvalue weighted by Gasteiger charge is 2.47. The minimum atomic E-state index is -1.72. The van der Waals surface area contributed by atoms with Gasteiger partial charge < -0.3 is 64.2 Å². The molecule has 2 fully saturated rings. The van der Waals surface area contributed by atoms with Crippen LogP contribution in [0.25, 0.3) is 0 Å². The minimum Gasteiger partial charge on any atom is -0.457 e. The molecule has 0 amide bonds. The van der Waals surface area contributed by atoms with E-state index in [-0.39, 0.29) is 19.6 Å². The third-order valence-electron chi connectivity index (χ3n) is 12.8. The Labute approximate surface area is 451 Å². The Morgan fingerprint density at radius 1 is 0.453 bits per heavy atom. The van der Waals surface area contributed by atoms with Crippen LogP contribution in [0.2, 0.25) is 0 Å². The van der Waals surface area contributed by atoms with Crippen molar-refractivity contribution in [3.8, 4) is 0 Å². The van der Waals surface area contributed by atoms with Crippen LogP contribution in [0.3, 0.4) is 0 Å². The highest BCUT2D eigenvalue weighted by molar-refractivity contribution is 5.69. The summed E-state index contributed by atoms with van der Waals surface area (Å²) >= 11 is 0. The number of esters is 1. The Bertz CT molecular complexity index is 1650. The smallest absolute Gasteiger partial charge is 0.306 e. The third kappa shape index (κ3) is 33.5. The van der Waals surface area contributed by atoms with Crippen LogP contribution in [0.5, 0.6) is 0 Å². The van der Waals surface area contributed by atoms with Gasteiger partial charge in [0.05, 0.1) is 26.4 Å². The molecule has 75 heavy (non-hydrogen) atoms. The first-order valence-electron chi connectivity index (χ1n) is 28.5. The van der Waals surface area contributed by atoms with Crippen molar-refractivity contribution >= 4 is 5.97 Å². The zero-order valence-corrected chi connectivity index (χ0v) is 45.7. The van der Waals surface area contributed by atoms with Gasteiger partial charge in [-0.3, -0.25) is 4.79 Å². The fourth-order valence-corrected chi connectivity index (χ4v) is 8.18. The number of carbonyl (C=O) groups is 1. The topological polar surface area (TPSA) is 214 Å². The molecule has 7 N–H and O–H groups in total. The fourth-order valence-electron chi connectivity index (χ4n) is 8.18. The summed E-state index contributed by atoms with van der Waals surface area (Å²) in [6, 6.07) is 0. The monoisotopic (exact) mass is 1060 g/mol. The van der Waals surface area contributed by atoms with Gasteiger partial charge in [0.15, 0.2) is 12.6 Å². The van der Waals surface area contributed by atoms with E-state index >= 15 is 0 Å². The molecule has 0 saturated carbocycles. The third-order valence-corrected chi connectivity index (χ3v) is 12.8. The van der Waals surface area contributed by atoms with Gasteiger partial charge in [0.25, 0.3) is 0 Å². The first kappa shape index (κ1) is 67.8. The molecular formula is C61H100O14. The van der Waals surface area contributed by atoms with E-state index in [4.69, 9.17) is 28.4 Å². The van der Waals surface area contributed by atoms with Crippen molar-refractivity contribution in [2.24, 2.45) is 0 Å². The second kappa shape index (κ2) is 46.7. The maximum absolute atomic E-state index is 13.0. The van der Waals surface area contributed by atoms with Crippen molar-refractivity contribution in [1.82, 2.24) is 0 Å². The van der Waals surface area contributed by atoms with Gasteiger partial charge in [-0.2, -0.15) is 0 Å². The minimum absolute atomic E-state index is 0.0306.